The molecule has 108 valence electrons. The smallest absolute Gasteiger partial charge is 0.337 e. The summed E-state index contributed by atoms with van der Waals surface area (Å²) >= 11 is 5.74. The van der Waals surface area contributed by atoms with Crippen molar-refractivity contribution in [1.29, 1.82) is 0 Å². The molecular weight excluding hydrogens is 304 g/mol. The summed E-state index contributed by atoms with van der Waals surface area (Å²) < 4.78 is 26.6. The van der Waals surface area contributed by atoms with Gasteiger partial charge in [-0.25, -0.2) is 13.6 Å². The Labute approximate surface area is 123 Å². The number of aromatic carboxylic acids is 1. The second-order valence-corrected chi connectivity index (χ2v) is 4.45. The molecule has 0 heterocycles. The zero-order chi connectivity index (χ0) is 15.6. The zero-order valence-corrected chi connectivity index (χ0v) is 11.1. The molecule has 2 rings (SSSR count). The third-order valence-electron chi connectivity index (χ3n) is 2.65. The minimum Gasteiger partial charge on any atom is -0.478 e. The topological polar surface area (TPSA) is 66.4 Å². The molecule has 0 unspecified atom stereocenters. The Morgan fingerprint density at radius 3 is 2.48 bits per heavy atom. The van der Waals surface area contributed by atoms with Gasteiger partial charge in [0.1, 0.15) is 11.6 Å². The van der Waals surface area contributed by atoms with Gasteiger partial charge in [0, 0.05) is 0 Å². The highest BCUT2D eigenvalue weighted by Gasteiger charge is 2.19. The van der Waals surface area contributed by atoms with Crippen LogP contribution in [0.1, 0.15) is 20.7 Å². The first kappa shape index (κ1) is 14.9. The van der Waals surface area contributed by atoms with E-state index in [-0.39, 0.29) is 10.7 Å². The van der Waals surface area contributed by atoms with Crippen LogP contribution in [-0.4, -0.2) is 17.0 Å². The van der Waals surface area contributed by atoms with E-state index in [0.29, 0.717) is 0 Å². The number of benzene rings is 2. The summed E-state index contributed by atoms with van der Waals surface area (Å²) in [6.07, 6.45) is 0. The highest BCUT2D eigenvalue weighted by Crippen LogP contribution is 2.22. The number of anilines is 1. The van der Waals surface area contributed by atoms with Crippen molar-refractivity contribution in [2.75, 3.05) is 5.32 Å². The highest BCUT2D eigenvalue weighted by atomic mass is 35.5. The van der Waals surface area contributed by atoms with E-state index in [0.717, 1.165) is 24.3 Å². The van der Waals surface area contributed by atoms with E-state index in [1.165, 1.54) is 12.1 Å². The van der Waals surface area contributed by atoms with Gasteiger partial charge in [-0.2, -0.15) is 0 Å². The first-order valence-corrected chi connectivity index (χ1v) is 6.06. The molecule has 2 aromatic rings. The quantitative estimate of drug-likeness (QED) is 0.910. The maximum Gasteiger partial charge on any atom is 0.337 e. The van der Waals surface area contributed by atoms with Gasteiger partial charge in [-0.1, -0.05) is 17.7 Å². The van der Waals surface area contributed by atoms with Crippen LogP contribution in [0.5, 0.6) is 0 Å². The van der Waals surface area contributed by atoms with Crippen LogP contribution in [0.4, 0.5) is 14.5 Å². The Balaban J connectivity index is 2.39. The largest absolute Gasteiger partial charge is 0.478 e. The van der Waals surface area contributed by atoms with Crippen molar-refractivity contribution in [3.63, 3.8) is 0 Å². The van der Waals surface area contributed by atoms with E-state index in [4.69, 9.17) is 16.7 Å². The van der Waals surface area contributed by atoms with Crippen LogP contribution in [0.3, 0.4) is 0 Å². The summed E-state index contributed by atoms with van der Waals surface area (Å²) in [5.41, 5.74) is -1.02. The van der Waals surface area contributed by atoms with Crippen molar-refractivity contribution < 1.29 is 23.5 Å². The van der Waals surface area contributed by atoms with Gasteiger partial charge in [0.05, 0.1) is 21.8 Å². The third-order valence-corrected chi connectivity index (χ3v) is 2.97. The summed E-state index contributed by atoms with van der Waals surface area (Å²) in [6.45, 7) is 0. The van der Waals surface area contributed by atoms with Crippen molar-refractivity contribution in [3.8, 4) is 0 Å². The summed E-state index contributed by atoms with van der Waals surface area (Å²) in [4.78, 5) is 23.0. The Morgan fingerprint density at radius 2 is 1.86 bits per heavy atom. The number of carboxylic acids is 1. The molecule has 0 aliphatic carbocycles. The fourth-order valence-electron chi connectivity index (χ4n) is 1.70. The third kappa shape index (κ3) is 3.17. The van der Waals surface area contributed by atoms with Crippen LogP contribution < -0.4 is 5.32 Å². The van der Waals surface area contributed by atoms with Gasteiger partial charge in [-0.3, -0.25) is 4.79 Å². The number of carboxylic acid groups (broad SMARTS) is 1. The minimum atomic E-state index is -1.43. The number of rotatable bonds is 3. The SMILES string of the molecule is O=C(O)c1cc(F)ccc1NC(=O)c1c(F)cccc1Cl. The molecule has 0 aliphatic rings. The number of amides is 1. The molecule has 0 radical (unpaired) electrons. The molecule has 1 amide bonds. The lowest BCUT2D eigenvalue weighted by atomic mass is 10.1. The molecule has 0 saturated carbocycles. The molecule has 0 fully saturated rings. The molecule has 2 aromatic carbocycles. The van der Waals surface area contributed by atoms with E-state index in [2.05, 4.69) is 5.32 Å². The summed E-state index contributed by atoms with van der Waals surface area (Å²) in [7, 11) is 0. The Kier molecular flexibility index (Phi) is 4.18. The number of carbonyl (C=O) groups excluding carboxylic acids is 1. The van der Waals surface area contributed by atoms with Gasteiger partial charge >= 0.3 is 5.97 Å². The standard InChI is InChI=1S/C14H8ClF2NO3/c15-9-2-1-3-10(17)12(9)13(19)18-11-5-4-7(16)6-8(11)14(20)21/h1-6H,(H,18,19)(H,20,21). The van der Waals surface area contributed by atoms with E-state index in [9.17, 15) is 18.4 Å². The van der Waals surface area contributed by atoms with Crippen molar-refractivity contribution in [2.24, 2.45) is 0 Å². The van der Waals surface area contributed by atoms with Crippen molar-refractivity contribution in [3.05, 3.63) is 64.2 Å². The average Bonchev–Trinajstić information content (AvgIpc) is 2.40. The predicted molar refractivity (Wildman–Crippen MR) is 72.7 cm³/mol. The molecule has 7 heteroatoms. The molecule has 0 atom stereocenters. The van der Waals surface area contributed by atoms with Crippen LogP contribution >= 0.6 is 11.6 Å². The maximum atomic E-state index is 13.6. The molecule has 0 saturated heterocycles. The fourth-order valence-corrected chi connectivity index (χ4v) is 1.95. The van der Waals surface area contributed by atoms with E-state index >= 15 is 0 Å². The van der Waals surface area contributed by atoms with Crippen molar-refractivity contribution in [2.45, 2.75) is 0 Å². The molecule has 4 nitrogen and oxygen atoms in total. The fraction of sp³-hybridized carbons (Fsp3) is 0. The van der Waals surface area contributed by atoms with Gasteiger partial charge in [-0.05, 0) is 30.3 Å². The maximum absolute atomic E-state index is 13.6. The van der Waals surface area contributed by atoms with Crippen LogP contribution in [0.15, 0.2) is 36.4 Å². The monoisotopic (exact) mass is 311 g/mol. The van der Waals surface area contributed by atoms with Crippen LogP contribution in [0.25, 0.3) is 0 Å². The Hall–Kier alpha value is -2.47. The zero-order valence-electron chi connectivity index (χ0n) is 10.4. The molecular formula is C14H8ClF2NO3. The minimum absolute atomic E-state index is 0.119. The van der Waals surface area contributed by atoms with Crippen molar-refractivity contribution in [1.82, 2.24) is 0 Å². The van der Waals surface area contributed by atoms with Gasteiger partial charge in [0.2, 0.25) is 0 Å². The number of hydrogen-bond donors (Lipinski definition) is 2. The average molecular weight is 312 g/mol. The number of nitrogens with one attached hydrogen (secondary N) is 1. The Bertz CT molecular complexity index is 714. The number of halogens is 3. The summed E-state index contributed by atoms with van der Waals surface area (Å²) in [5, 5.41) is 11.1. The Morgan fingerprint density at radius 1 is 1.14 bits per heavy atom. The van der Waals surface area contributed by atoms with Crippen LogP contribution in [-0.2, 0) is 0 Å². The van der Waals surface area contributed by atoms with Crippen LogP contribution in [0, 0.1) is 11.6 Å². The first-order valence-electron chi connectivity index (χ1n) is 5.68. The lowest BCUT2D eigenvalue weighted by Gasteiger charge is -2.10. The van der Waals surface area contributed by atoms with Gasteiger partial charge in [0.25, 0.3) is 5.91 Å². The van der Waals surface area contributed by atoms with Gasteiger partial charge < -0.3 is 10.4 Å². The van der Waals surface area contributed by atoms with E-state index in [1.807, 2.05) is 0 Å². The number of carbonyl (C=O) groups is 2. The molecule has 0 spiro atoms. The summed E-state index contributed by atoms with van der Waals surface area (Å²) in [5.74, 6) is -3.97. The van der Waals surface area contributed by atoms with Gasteiger partial charge in [-0.15, -0.1) is 0 Å². The predicted octanol–water partition coefficient (Wildman–Crippen LogP) is 3.57. The lowest BCUT2D eigenvalue weighted by molar-refractivity contribution is 0.0697. The molecule has 21 heavy (non-hydrogen) atoms. The van der Waals surface area contributed by atoms with Gasteiger partial charge in [0.15, 0.2) is 0 Å². The van der Waals surface area contributed by atoms with Crippen molar-refractivity contribution >= 4 is 29.2 Å². The second kappa shape index (κ2) is 5.88. The molecule has 0 aliphatic heterocycles. The molecule has 0 bridgehead atoms. The first-order chi connectivity index (χ1) is 9.90. The highest BCUT2D eigenvalue weighted by molar-refractivity contribution is 6.34. The van der Waals surface area contributed by atoms with E-state index in [1.54, 1.807) is 0 Å². The second-order valence-electron chi connectivity index (χ2n) is 4.05. The lowest BCUT2D eigenvalue weighted by Crippen LogP contribution is -2.17. The van der Waals surface area contributed by atoms with Crippen LogP contribution in [0.2, 0.25) is 5.02 Å². The normalized spacial score (nSPS) is 10.2. The molecule has 2 N–H and O–H groups in total. The van der Waals surface area contributed by atoms with E-state index < -0.39 is 34.6 Å². The number of hydrogen-bond acceptors (Lipinski definition) is 2. The molecule has 0 aromatic heterocycles. The summed E-state index contributed by atoms with van der Waals surface area (Å²) in [6, 6.07) is 6.50.